The quantitative estimate of drug-likeness (QED) is 0.865. The summed E-state index contributed by atoms with van der Waals surface area (Å²) in [6, 6.07) is 8.68. The second-order valence-corrected chi connectivity index (χ2v) is 5.62. The number of nitrogens with zero attached hydrogens (tertiary/aromatic N) is 1. The van der Waals surface area contributed by atoms with Crippen molar-refractivity contribution >= 4 is 0 Å². The Morgan fingerprint density at radius 2 is 2.00 bits per heavy atom. The van der Waals surface area contributed by atoms with E-state index in [0.717, 1.165) is 6.54 Å². The first kappa shape index (κ1) is 13.7. The van der Waals surface area contributed by atoms with Gasteiger partial charge in [0.15, 0.2) is 0 Å². The van der Waals surface area contributed by atoms with Gasteiger partial charge in [-0.05, 0) is 36.0 Å². The summed E-state index contributed by atoms with van der Waals surface area (Å²) < 4.78 is 0. The van der Waals surface area contributed by atoms with Crippen LogP contribution in [-0.2, 0) is 12.0 Å². The molecule has 92 valence electrons. The maximum atomic E-state index is 8.75. The van der Waals surface area contributed by atoms with Crippen molar-refractivity contribution in [3.8, 4) is 6.07 Å². The molecule has 0 bridgehead atoms. The van der Waals surface area contributed by atoms with Gasteiger partial charge in [0.25, 0.3) is 0 Å². The fourth-order valence-electron chi connectivity index (χ4n) is 1.64. The molecule has 2 nitrogen and oxygen atoms in total. The average Bonchev–Trinajstić information content (AvgIpc) is 2.26. The summed E-state index contributed by atoms with van der Waals surface area (Å²) in [5.74, 6) is 0. The predicted molar refractivity (Wildman–Crippen MR) is 71.8 cm³/mol. The summed E-state index contributed by atoms with van der Waals surface area (Å²) in [6.07, 6.45) is 0. The fraction of sp³-hybridized carbons (Fsp3) is 0.533. The molecule has 0 aliphatic heterocycles. The first-order valence-corrected chi connectivity index (χ1v) is 6.07. The van der Waals surface area contributed by atoms with Gasteiger partial charge in [-0.1, -0.05) is 39.0 Å². The maximum absolute atomic E-state index is 8.75. The Bertz CT molecular complexity index is 422. The zero-order valence-electron chi connectivity index (χ0n) is 11.5. The van der Waals surface area contributed by atoms with Gasteiger partial charge in [-0.2, -0.15) is 5.26 Å². The Labute approximate surface area is 105 Å². The predicted octanol–water partition coefficient (Wildman–Crippen LogP) is 3.29. The van der Waals surface area contributed by atoms with Crippen LogP contribution in [0, 0.1) is 18.3 Å². The summed E-state index contributed by atoms with van der Waals surface area (Å²) in [7, 11) is 0. The minimum Gasteiger partial charge on any atom is -0.298 e. The van der Waals surface area contributed by atoms with Crippen LogP contribution in [0.4, 0.5) is 0 Å². The third-order valence-corrected chi connectivity index (χ3v) is 3.01. The second-order valence-electron chi connectivity index (χ2n) is 5.62. The van der Waals surface area contributed by atoms with Crippen molar-refractivity contribution in [2.24, 2.45) is 0 Å². The summed E-state index contributed by atoms with van der Waals surface area (Å²) in [5.41, 5.74) is 4.06. The van der Waals surface area contributed by atoms with E-state index < -0.39 is 0 Å². The molecule has 1 aromatic carbocycles. The fourth-order valence-corrected chi connectivity index (χ4v) is 1.64. The minimum atomic E-state index is -0.104. The van der Waals surface area contributed by atoms with Crippen molar-refractivity contribution in [1.29, 1.82) is 5.26 Å². The highest BCUT2D eigenvalue weighted by molar-refractivity contribution is 5.34. The largest absolute Gasteiger partial charge is 0.298 e. The Hall–Kier alpha value is -1.33. The molecule has 0 amide bonds. The molecule has 1 N–H and O–H groups in total. The van der Waals surface area contributed by atoms with E-state index in [0.29, 0.717) is 0 Å². The van der Waals surface area contributed by atoms with Crippen LogP contribution in [0.15, 0.2) is 18.2 Å². The number of hydrogen-bond acceptors (Lipinski definition) is 2. The van der Waals surface area contributed by atoms with Crippen LogP contribution < -0.4 is 5.32 Å². The molecule has 1 unspecified atom stereocenters. The molecule has 0 spiro atoms. The molecule has 0 radical (unpaired) electrons. The lowest BCUT2D eigenvalue weighted by atomic mass is 9.85. The van der Waals surface area contributed by atoms with Crippen molar-refractivity contribution in [2.75, 3.05) is 0 Å². The molecule has 1 atom stereocenters. The normalized spacial score (nSPS) is 13.2. The standard InChI is InChI=1S/C15H22N2/c1-11-6-7-14(15(3,4)5)8-13(11)10-17-12(2)9-16/h6-8,12,17H,10H2,1-5H3. The summed E-state index contributed by atoms with van der Waals surface area (Å²) in [4.78, 5) is 0. The van der Waals surface area contributed by atoms with E-state index in [-0.39, 0.29) is 11.5 Å². The van der Waals surface area contributed by atoms with Crippen LogP contribution in [0.3, 0.4) is 0 Å². The summed E-state index contributed by atoms with van der Waals surface area (Å²) in [5, 5.41) is 12.0. The molecular formula is C15H22N2. The first-order chi connectivity index (χ1) is 7.84. The average molecular weight is 230 g/mol. The molecule has 0 heterocycles. The van der Waals surface area contributed by atoms with Crippen molar-refractivity contribution in [3.05, 3.63) is 34.9 Å². The SMILES string of the molecule is Cc1ccc(C(C)(C)C)cc1CNC(C)C#N. The molecule has 0 saturated heterocycles. The lowest BCUT2D eigenvalue weighted by Crippen LogP contribution is -2.24. The highest BCUT2D eigenvalue weighted by Crippen LogP contribution is 2.24. The van der Waals surface area contributed by atoms with Crippen molar-refractivity contribution < 1.29 is 0 Å². The molecule has 17 heavy (non-hydrogen) atoms. The van der Waals surface area contributed by atoms with Gasteiger partial charge >= 0.3 is 0 Å². The van der Waals surface area contributed by atoms with Crippen molar-refractivity contribution in [3.63, 3.8) is 0 Å². The van der Waals surface area contributed by atoms with Crippen LogP contribution in [0.1, 0.15) is 44.4 Å². The van der Waals surface area contributed by atoms with Crippen LogP contribution in [0.25, 0.3) is 0 Å². The van der Waals surface area contributed by atoms with E-state index in [2.05, 4.69) is 57.3 Å². The van der Waals surface area contributed by atoms with Crippen LogP contribution in [0.2, 0.25) is 0 Å². The minimum absolute atomic E-state index is 0.104. The molecule has 0 saturated carbocycles. The van der Waals surface area contributed by atoms with Gasteiger partial charge in [0.05, 0.1) is 12.1 Å². The third kappa shape index (κ3) is 3.87. The van der Waals surface area contributed by atoms with Gasteiger partial charge in [-0.15, -0.1) is 0 Å². The molecule has 0 aliphatic carbocycles. The van der Waals surface area contributed by atoms with E-state index in [1.807, 2.05) is 6.92 Å². The lowest BCUT2D eigenvalue weighted by molar-refractivity contribution is 0.586. The molecule has 1 aromatic rings. The van der Waals surface area contributed by atoms with E-state index in [4.69, 9.17) is 5.26 Å². The zero-order chi connectivity index (χ0) is 13.1. The van der Waals surface area contributed by atoms with Crippen molar-refractivity contribution in [2.45, 2.75) is 52.6 Å². The smallest absolute Gasteiger partial charge is 0.0927 e. The highest BCUT2D eigenvalue weighted by atomic mass is 14.9. The number of nitriles is 1. The first-order valence-electron chi connectivity index (χ1n) is 6.07. The van der Waals surface area contributed by atoms with Gasteiger partial charge in [-0.3, -0.25) is 5.32 Å². The number of aryl methyl sites for hydroxylation is 1. The molecule has 2 heteroatoms. The molecular weight excluding hydrogens is 208 g/mol. The Kier molecular flexibility index (Phi) is 4.31. The summed E-state index contributed by atoms with van der Waals surface area (Å²) in [6.45, 7) is 11.4. The maximum Gasteiger partial charge on any atom is 0.0927 e. The number of rotatable bonds is 3. The van der Waals surface area contributed by atoms with Gasteiger partial charge in [0, 0.05) is 6.54 Å². The zero-order valence-corrected chi connectivity index (χ0v) is 11.5. The highest BCUT2D eigenvalue weighted by Gasteiger charge is 2.14. The van der Waals surface area contributed by atoms with E-state index >= 15 is 0 Å². The Balaban J connectivity index is 2.89. The topological polar surface area (TPSA) is 35.8 Å². The lowest BCUT2D eigenvalue weighted by Gasteiger charge is -2.21. The Morgan fingerprint density at radius 3 is 2.53 bits per heavy atom. The van der Waals surface area contributed by atoms with Gasteiger partial charge in [0.1, 0.15) is 0 Å². The van der Waals surface area contributed by atoms with Crippen LogP contribution in [0.5, 0.6) is 0 Å². The van der Waals surface area contributed by atoms with Crippen LogP contribution in [-0.4, -0.2) is 6.04 Å². The second kappa shape index (κ2) is 5.33. The number of benzene rings is 1. The van der Waals surface area contributed by atoms with Crippen molar-refractivity contribution in [1.82, 2.24) is 5.32 Å². The Morgan fingerprint density at radius 1 is 1.35 bits per heavy atom. The molecule has 0 aliphatic rings. The number of hydrogen-bond donors (Lipinski definition) is 1. The third-order valence-electron chi connectivity index (χ3n) is 3.01. The van der Waals surface area contributed by atoms with Gasteiger partial charge in [-0.25, -0.2) is 0 Å². The van der Waals surface area contributed by atoms with E-state index in [9.17, 15) is 0 Å². The molecule has 1 rings (SSSR count). The van der Waals surface area contributed by atoms with E-state index in [1.165, 1.54) is 16.7 Å². The molecule has 0 fully saturated rings. The van der Waals surface area contributed by atoms with Gasteiger partial charge in [0.2, 0.25) is 0 Å². The van der Waals surface area contributed by atoms with Gasteiger partial charge < -0.3 is 0 Å². The van der Waals surface area contributed by atoms with E-state index in [1.54, 1.807) is 0 Å². The summed E-state index contributed by atoms with van der Waals surface area (Å²) >= 11 is 0. The molecule has 0 aromatic heterocycles. The number of nitrogens with one attached hydrogen (secondary N) is 1. The monoisotopic (exact) mass is 230 g/mol. The van der Waals surface area contributed by atoms with Crippen LogP contribution >= 0.6 is 0 Å².